The van der Waals surface area contributed by atoms with Gasteiger partial charge < -0.3 is 34.3 Å². The average Bonchev–Trinajstić information content (AvgIpc) is 3.64. The van der Waals surface area contributed by atoms with E-state index < -0.39 is 61.4 Å². The number of alkyl halides is 1. The van der Waals surface area contributed by atoms with Gasteiger partial charge in [-0.05, 0) is 12.1 Å². The fourth-order valence-electron chi connectivity index (χ4n) is 6.67. The maximum Gasteiger partial charge on any atom is 0.262 e. The number of halogens is 3. The molecule has 5 atom stereocenters. The number of ketones is 1. The number of carbonyl (C=O) groups is 3. The molecule has 0 radical (unpaired) electrons. The van der Waals surface area contributed by atoms with E-state index in [2.05, 4.69) is 4.98 Å². The zero-order valence-corrected chi connectivity index (χ0v) is 25.2. The van der Waals surface area contributed by atoms with E-state index in [1.165, 1.54) is 7.11 Å². The number of rotatable bonds is 6. The Hall–Kier alpha value is -3.26. The number of amides is 2. The molecular formula is C30H24Cl3N3O8. The van der Waals surface area contributed by atoms with E-state index in [1.54, 1.807) is 41.0 Å². The normalized spacial score (nSPS) is 24.0. The zero-order chi connectivity index (χ0) is 31.2. The van der Waals surface area contributed by atoms with Gasteiger partial charge in [-0.25, -0.2) is 0 Å². The summed E-state index contributed by atoms with van der Waals surface area (Å²) in [5, 5.41) is 34.9. The van der Waals surface area contributed by atoms with Crippen molar-refractivity contribution in [3.63, 3.8) is 0 Å². The van der Waals surface area contributed by atoms with Gasteiger partial charge >= 0.3 is 0 Å². The van der Waals surface area contributed by atoms with Gasteiger partial charge in [-0.3, -0.25) is 19.3 Å². The lowest BCUT2D eigenvalue weighted by Crippen LogP contribution is -2.57. The molecule has 7 rings (SSSR count). The number of imide groups is 1. The van der Waals surface area contributed by atoms with Crippen LogP contribution in [0.15, 0.2) is 36.4 Å². The number of nitrogens with zero attached hydrogens (tertiary/aromatic N) is 2. The molecule has 1 unspecified atom stereocenters. The largest absolute Gasteiger partial charge is 0.394 e. The van der Waals surface area contributed by atoms with Gasteiger partial charge in [0.2, 0.25) is 0 Å². The van der Waals surface area contributed by atoms with Gasteiger partial charge in [0.25, 0.3) is 11.8 Å². The highest BCUT2D eigenvalue weighted by molar-refractivity contribution is 6.43. The number of hydrogen-bond acceptors (Lipinski definition) is 8. The number of aromatic nitrogens is 2. The molecule has 3 aromatic carbocycles. The number of hydrogen-bond donors (Lipinski definition) is 4. The molecule has 44 heavy (non-hydrogen) atoms. The van der Waals surface area contributed by atoms with Crippen LogP contribution in [-0.2, 0) is 14.3 Å². The average molecular weight is 661 g/mol. The van der Waals surface area contributed by atoms with E-state index in [0.717, 1.165) is 4.90 Å². The van der Waals surface area contributed by atoms with Crippen LogP contribution in [0.3, 0.4) is 0 Å². The van der Waals surface area contributed by atoms with Crippen molar-refractivity contribution in [3.8, 4) is 0 Å². The van der Waals surface area contributed by atoms with Crippen LogP contribution >= 0.6 is 34.8 Å². The predicted molar refractivity (Wildman–Crippen MR) is 164 cm³/mol. The van der Waals surface area contributed by atoms with Crippen LogP contribution < -0.4 is 0 Å². The Balaban J connectivity index is 1.67. The molecule has 14 heteroatoms. The minimum atomic E-state index is -1.58. The molecule has 1 fully saturated rings. The molecule has 4 heterocycles. The lowest BCUT2D eigenvalue weighted by atomic mass is 9.96. The number of fused-ring (bicyclic) bond motifs is 10. The third kappa shape index (κ3) is 3.91. The minimum absolute atomic E-state index is 0.0334. The molecule has 5 aromatic rings. The van der Waals surface area contributed by atoms with E-state index >= 15 is 0 Å². The second-order valence-electron chi connectivity index (χ2n) is 10.8. The van der Waals surface area contributed by atoms with Gasteiger partial charge in [0.05, 0.1) is 62.3 Å². The van der Waals surface area contributed by atoms with Gasteiger partial charge in [-0.15, -0.1) is 11.6 Å². The first-order valence-corrected chi connectivity index (χ1v) is 14.9. The number of methoxy groups -OCH3 is 1. The van der Waals surface area contributed by atoms with Crippen LogP contribution in [0, 0.1) is 0 Å². The van der Waals surface area contributed by atoms with Gasteiger partial charge in [0, 0.05) is 28.7 Å². The number of aromatic amines is 1. The summed E-state index contributed by atoms with van der Waals surface area (Å²) in [4.78, 5) is 44.7. The van der Waals surface area contributed by atoms with E-state index in [-0.39, 0.29) is 22.0 Å². The van der Waals surface area contributed by atoms with Crippen molar-refractivity contribution in [2.75, 3.05) is 26.1 Å². The van der Waals surface area contributed by atoms with Crippen molar-refractivity contribution in [1.29, 1.82) is 0 Å². The lowest BCUT2D eigenvalue weighted by Gasteiger charge is -2.42. The van der Waals surface area contributed by atoms with Crippen molar-refractivity contribution in [1.82, 2.24) is 14.5 Å². The van der Waals surface area contributed by atoms with Crippen molar-refractivity contribution in [2.45, 2.75) is 30.6 Å². The molecule has 1 saturated heterocycles. The Morgan fingerprint density at radius 1 is 0.955 bits per heavy atom. The summed E-state index contributed by atoms with van der Waals surface area (Å²) in [5.41, 5.74) is 1.62. The Labute approximate surface area is 263 Å². The maximum absolute atomic E-state index is 14.1. The number of carbonyl (C=O) groups excluding carboxylic acids is 3. The standard InChI is InChI=1S/C30H24Cl3N3O8/c1-43-27-16(10-37)44-30(26(40)25(27)39)36-23-13(5-3-7-15(23)33)18-20-19(28(41)35(29(20)42)9-11(38)8-31)17-12-4-2-6-14(32)21(12)34-22(17)24(18)36/h2-7,16,25-27,30,34,37,39-40H,8-10H2,1H3/t16-,25-,26-,27-,30?/m1/s1. The fourth-order valence-corrected chi connectivity index (χ4v) is 7.24. The summed E-state index contributed by atoms with van der Waals surface area (Å²) in [5.74, 6) is -2.28. The monoisotopic (exact) mass is 659 g/mol. The highest BCUT2D eigenvalue weighted by Crippen LogP contribution is 2.49. The number of H-pyrrole nitrogens is 1. The van der Waals surface area contributed by atoms with E-state index in [0.29, 0.717) is 48.6 Å². The number of aliphatic hydroxyl groups excluding tert-OH is 3. The summed E-state index contributed by atoms with van der Waals surface area (Å²) in [7, 11) is 1.33. The third-order valence-corrected chi connectivity index (χ3v) is 9.43. The van der Waals surface area contributed by atoms with Crippen LogP contribution in [0.25, 0.3) is 43.6 Å². The van der Waals surface area contributed by atoms with Crippen LogP contribution in [0.2, 0.25) is 10.0 Å². The Morgan fingerprint density at radius 2 is 1.61 bits per heavy atom. The topological polar surface area (TPSA) is 154 Å². The first kappa shape index (κ1) is 29.5. The Bertz CT molecular complexity index is 2050. The summed E-state index contributed by atoms with van der Waals surface area (Å²) in [6.07, 6.45) is -6.48. The van der Waals surface area contributed by atoms with Crippen molar-refractivity contribution < 1.29 is 39.2 Å². The quantitative estimate of drug-likeness (QED) is 0.159. The molecule has 2 amide bonds. The molecule has 2 aliphatic rings. The lowest BCUT2D eigenvalue weighted by molar-refractivity contribution is -0.255. The maximum atomic E-state index is 14.1. The molecule has 0 bridgehead atoms. The second-order valence-corrected chi connectivity index (χ2v) is 11.9. The van der Waals surface area contributed by atoms with E-state index in [1.807, 2.05) is 0 Å². The molecular weight excluding hydrogens is 637 g/mol. The first-order chi connectivity index (χ1) is 21.1. The molecule has 228 valence electrons. The second kappa shape index (κ2) is 10.7. The Kier molecular flexibility index (Phi) is 7.15. The number of benzene rings is 3. The number of nitrogens with one attached hydrogen (secondary N) is 1. The number of ether oxygens (including phenoxy) is 2. The molecule has 4 N–H and O–H groups in total. The Morgan fingerprint density at radius 3 is 2.27 bits per heavy atom. The van der Waals surface area contributed by atoms with Crippen LogP contribution in [0.1, 0.15) is 26.9 Å². The summed E-state index contributed by atoms with van der Waals surface area (Å²) in [6.45, 7) is -1.05. The van der Waals surface area contributed by atoms with Crippen molar-refractivity contribution in [2.24, 2.45) is 0 Å². The van der Waals surface area contributed by atoms with E-state index in [9.17, 15) is 29.7 Å². The van der Waals surface area contributed by atoms with Crippen molar-refractivity contribution in [3.05, 3.63) is 57.6 Å². The smallest absolute Gasteiger partial charge is 0.262 e. The molecule has 0 saturated carbocycles. The van der Waals surface area contributed by atoms with E-state index in [4.69, 9.17) is 44.3 Å². The van der Waals surface area contributed by atoms with Gasteiger partial charge in [-0.1, -0.05) is 47.5 Å². The molecule has 0 spiro atoms. The molecule has 11 nitrogen and oxygen atoms in total. The van der Waals surface area contributed by atoms with Gasteiger partial charge in [0.1, 0.15) is 24.4 Å². The SMILES string of the molecule is CO[C@H]1[C@H](O)[C@@H](O)C(n2c3c(Cl)cccc3c3c4c(c5c6cccc(Cl)c6[nH]c5c32)C(=O)N(CC(=O)CCl)C4=O)O[C@@H]1CO. The zero-order valence-electron chi connectivity index (χ0n) is 22.9. The summed E-state index contributed by atoms with van der Waals surface area (Å²) >= 11 is 19.1. The predicted octanol–water partition coefficient (Wildman–Crippen LogP) is 3.77. The number of Topliss-reactive ketones (excluding diaryl/α,β-unsaturated/α-hetero) is 1. The van der Waals surface area contributed by atoms with Crippen LogP contribution in [-0.4, -0.2) is 97.9 Å². The molecule has 2 aliphatic heterocycles. The van der Waals surface area contributed by atoms with Gasteiger partial charge in [0.15, 0.2) is 12.0 Å². The van der Waals surface area contributed by atoms with Gasteiger partial charge in [-0.2, -0.15) is 0 Å². The third-order valence-electron chi connectivity index (χ3n) is 8.51. The minimum Gasteiger partial charge on any atom is -0.394 e. The number of para-hydroxylation sites is 2. The van der Waals surface area contributed by atoms with Crippen LogP contribution in [0.5, 0.6) is 0 Å². The molecule has 0 aliphatic carbocycles. The highest BCUT2D eigenvalue weighted by atomic mass is 35.5. The highest BCUT2D eigenvalue weighted by Gasteiger charge is 2.48. The number of aliphatic hydroxyl groups is 3. The summed E-state index contributed by atoms with van der Waals surface area (Å²) < 4.78 is 13.1. The molecule has 2 aromatic heterocycles. The fraction of sp³-hybridized carbons (Fsp3) is 0.300. The summed E-state index contributed by atoms with van der Waals surface area (Å²) in [6, 6.07) is 10.1. The first-order valence-electron chi connectivity index (χ1n) is 13.6. The van der Waals surface area contributed by atoms with Crippen molar-refractivity contribution >= 4 is 96.0 Å². The van der Waals surface area contributed by atoms with Crippen LogP contribution in [0.4, 0.5) is 0 Å².